The molecule has 1 aromatic heterocycles. The minimum atomic E-state index is -0.142. The van der Waals surface area contributed by atoms with Crippen LogP contribution in [0.15, 0.2) is 30.3 Å². The number of hydrogen-bond acceptors (Lipinski definition) is 2. The molecule has 0 unspecified atom stereocenters. The summed E-state index contributed by atoms with van der Waals surface area (Å²) in [5.41, 5.74) is 4.37. The zero-order chi connectivity index (χ0) is 15.4. The number of anilines is 2. The number of nitrogens with one attached hydrogen (secondary N) is 3. The van der Waals surface area contributed by atoms with E-state index in [1.165, 1.54) is 6.92 Å². The zero-order valence-electron chi connectivity index (χ0n) is 12.4. The lowest BCUT2D eigenvalue weighted by molar-refractivity contribution is -0.116. The SMILES string of the molecule is CC(=O)Nc1cccc(NC(=O)Cc2cc(C)[nH]c2C)c1. The first-order valence-electron chi connectivity index (χ1n) is 6.76. The van der Waals surface area contributed by atoms with E-state index in [1.54, 1.807) is 24.3 Å². The number of aryl methyl sites for hydroxylation is 2. The molecule has 0 aliphatic heterocycles. The van der Waals surface area contributed by atoms with E-state index in [-0.39, 0.29) is 11.8 Å². The maximum atomic E-state index is 12.1. The first kappa shape index (κ1) is 14.8. The minimum absolute atomic E-state index is 0.0860. The first-order chi connectivity index (χ1) is 9.94. The molecule has 3 N–H and O–H groups in total. The Morgan fingerprint density at radius 3 is 2.33 bits per heavy atom. The fourth-order valence-corrected chi connectivity index (χ4v) is 2.22. The molecule has 2 aromatic rings. The van der Waals surface area contributed by atoms with Gasteiger partial charge < -0.3 is 15.6 Å². The van der Waals surface area contributed by atoms with Crippen LogP contribution in [-0.2, 0) is 16.0 Å². The van der Waals surface area contributed by atoms with Crippen molar-refractivity contribution in [2.24, 2.45) is 0 Å². The average molecular weight is 285 g/mol. The number of aromatic nitrogens is 1. The molecule has 5 nitrogen and oxygen atoms in total. The molecule has 110 valence electrons. The molecule has 0 aliphatic rings. The summed E-state index contributed by atoms with van der Waals surface area (Å²) in [6, 6.07) is 9.05. The van der Waals surface area contributed by atoms with Crippen LogP contribution in [0.5, 0.6) is 0 Å². The molecule has 2 amide bonds. The smallest absolute Gasteiger partial charge is 0.228 e. The molecule has 0 spiro atoms. The maximum absolute atomic E-state index is 12.1. The summed E-state index contributed by atoms with van der Waals surface area (Å²) in [6.07, 6.45) is 0.320. The van der Waals surface area contributed by atoms with Gasteiger partial charge in [-0.3, -0.25) is 9.59 Å². The highest BCUT2D eigenvalue weighted by Gasteiger charge is 2.09. The van der Waals surface area contributed by atoms with E-state index in [2.05, 4.69) is 15.6 Å². The standard InChI is InChI=1S/C16H19N3O2/c1-10-7-13(11(2)17-10)8-16(21)19-15-6-4-5-14(9-15)18-12(3)20/h4-7,9,17H,8H2,1-3H3,(H,18,20)(H,19,21). The van der Waals surface area contributed by atoms with Gasteiger partial charge in [0.2, 0.25) is 11.8 Å². The van der Waals surface area contributed by atoms with Crippen molar-refractivity contribution in [2.45, 2.75) is 27.2 Å². The lowest BCUT2D eigenvalue weighted by Gasteiger charge is -2.07. The Kier molecular flexibility index (Phi) is 4.42. The summed E-state index contributed by atoms with van der Waals surface area (Å²) < 4.78 is 0. The van der Waals surface area contributed by atoms with Gasteiger partial charge in [-0.1, -0.05) is 6.07 Å². The summed E-state index contributed by atoms with van der Waals surface area (Å²) in [6.45, 7) is 5.36. The van der Waals surface area contributed by atoms with E-state index in [4.69, 9.17) is 0 Å². The maximum Gasteiger partial charge on any atom is 0.228 e. The molecule has 1 aromatic carbocycles. The molecule has 0 saturated carbocycles. The van der Waals surface area contributed by atoms with Crippen LogP contribution in [0.4, 0.5) is 11.4 Å². The Morgan fingerprint density at radius 1 is 1.10 bits per heavy atom. The fraction of sp³-hybridized carbons (Fsp3) is 0.250. The summed E-state index contributed by atoms with van der Waals surface area (Å²) in [4.78, 5) is 26.3. The third-order valence-electron chi connectivity index (χ3n) is 3.07. The molecule has 0 radical (unpaired) electrons. The van der Waals surface area contributed by atoms with Gasteiger partial charge in [-0.2, -0.15) is 0 Å². The quantitative estimate of drug-likeness (QED) is 0.808. The Balaban J connectivity index is 2.02. The van der Waals surface area contributed by atoms with Crippen molar-refractivity contribution >= 4 is 23.2 Å². The van der Waals surface area contributed by atoms with Gasteiger partial charge in [-0.15, -0.1) is 0 Å². The number of hydrogen-bond donors (Lipinski definition) is 3. The lowest BCUT2D eigenvalue weighted by Crippen LogP contribution is -2.15. The summed E-state index contributed by atoms with van der Waals surface area (Å²) in [5.74, 6) is -0.228. The second kappa shape index (κ2) is 6.26. The molecule has 0 bridgehead atoms. The average Bonchev–Trinajstić information content (AvgIpc) is 2.67. The predicted octanol–water partition coefficient (Wildman–Crippen LogP) is 2.77. The molecular formula is C16H19N3O2. The molecule has 21 heavy (non-hydrogen) atoms. The van der Waals surface area contributed by atoms with Crippen LogP contribution in [0.3, 0.4) is 0 Å². The van der Waals surface area contributed by atoms with Crippen molar-refractivity contribution in [3.63, 3.8) is 0 Å². The molecule has 0 fully saturated rings. The van der Waals surface area contributed by atoms with Crippen LogP contribution in [0, 0.1) is 13.8 Å². The van der Waals surface area contributed by atoms with E-state index in [0.29, 0.717) is 17.8 Å². The topological polar surface area (TPSA) is 74.0 Å². The van der Waals surface area contributed by atoms with Crippen LogP contribution < -0.4 is 10.6 Å². The van der Waals surface area contributed by atoms with Crippen LogP contribution in [0.25, 0.3) is 0 Å². The number of benzene rings is 1. The van der Waals surface area contributed by atoms with E-state index >= 15 is 0 Å². The third-order valence-corrected chi connectivity index (χ3v) is 3.07. The van der Waals surface area contributed by atoms with Gasteiger partial charge in [-0.05, 0) is 43.7 Å². The summed E-state index contributed by atoms with van der Waals surface area (Å²) in [5, 5.41) is 5.52. The second-order valence-electron chi connectivity index (χ2n) is 5.09. The Hall–Kier alpha value is -2.56. The van der Waals surface area contributed by atoms with Gasteiger partial charge >= 0.3 is 0 Å². The number of carbonyl (C=O) groups is 2. The molecule has 0 atom stereocenters. The highest BCUT2D eigenvalue weighted by Crippen LogP contribution is 2.16. The minimum Gasteiger partial charge on any atom is -0.362 e. The van der Waals surface area contributed by atoms with E-state index in [9.17, 15) is 9.59 Å². The Labute approximate surface area is 123 Å². The Bertz CT molecular complexity index is 674. The van der Waals surface area contributed by atoms with Gasteiger partial charge in [-0.25, -0.2) is 0 Å². The van der Waals surface area contributed by atoms with E-state index in [0.717, 1.165) is 17.0 Å². The van der Waals surface area contributed by atoms with Crippen molar-refractivity contribution in [1.29, 1.82) is 0 Å². The number of amides is 2. The first-order valence-corrected chi connectivity index (χ1v) is 6.76. The molecule has 0 aliphatic carbocycles. The van der Waals surface area contributed by atoms with Crippen LogP contribution in [-0.4, -0.2) is 16.8 Å². The number of rotatable bonds is 4. The largest absolute Gasteiger partial charge is 0.362 e. The van der Waals surface area contributed by atoms with Crippen LogP contribution in [0.2, 0.25) is 0 Å². The van der Waals surface area contributed by atoms with Gasteiger partial charge in [0.05, 0.1) is 6.42 Å². The normalized spacial score (nSPS) is 10.2. The van der Waals surface area contributed by atoms with Gasteiger partial charge in [0, 0.05) is 29.7 Å². The highest BCUT2D eigenvalue weighted by molar-refractivity contribution is 5.94. The lowest BCUT2D eigenvalue weighted by atomic mass is 10.1. The van der Waals surface area contributed by atoms with Crippen molar-refractivity contribution in [3.8, 4) is 0 Å². The second-order valence-corrected chi connectivity index (χ2v) is 5.09. The van der Waals surface area contributed by atoms with Crippen molar-refractivity contribution < 1.29 is 9.59 Å². The van der Waals surface area contributed by atoms with E-state index < -0.39 is 0 Å². The van der Waals surface area contributed by atoms with E-state index in [1.807, 2.05) is 19.9 Å². The van der Waals surface area contributed by atoms with Crippen molar-refractivity contribution in [2.75, 3.05) is 10.6 Å². The third kappa shape index (κ3) is 4.21. The zero-order valence-corrected chi connectivity index (χ0v) is 12.4. The molecule has 1 heterocycles. The summed E-state index contributed by atoms with van der Waals surface area (Å²) >= 11 is 0. The Morgan fingerprint density at radius 2 is 1.76 bits per heavy atom. The molecule has 2 rings (SSSR count). The number of H-pyrrole nitrogens is 1. The fourth-order valence-electron chi connectivity index (χ4n) is 2.22. The predicted molar refractivity (Wildman–Crippen MR) is 83.3 cm³/mol. The van der Waals surface area contributed by atoms with Gasteiger partial charge in [0.1, 0.15) is 0 Å². The number of carbonyl (C=O) groups excluding carboxylic acids is 2. The molecule has 0 saturated heterocycles. The highest BCUT2D eigenvalue weighted by atomic mass is 16.2. The monoisotopic (exact) mass is 285 g/mol. The molecular weight excluding hydrogens is 266 g/mol. The van der Waals surface area contributed by atoms with Crippen LogP contribution in [0.1, 0.15) is 23.9 Å². The van der Waals surface area contributed by atoms with Gasteiger partial charge in [0.25, 0.3) is 0 Å². The van der Waals surface area contributed by atoms with Gasteiger partial charge in [0.15, 0.2) is 0 Å². The van der Waals surface area contributed by atoms with Crippen molar-refractivity contribution in [3.05, 3.63) is 47.3 Å². The molecule has 5 heteroatoms. The number of aromatic amines is 1. The summed E-state index contributed by atoms with van der Waals surface area (Å²) in [7, 11) is 0. The van der Waals surface area contributed by atoms with Crippen molar-refractivity contribution in [1.82, 2.24) is 4.98 Å². The van der Waals surface area contributed by atoms with Crippen LogP contribution >= 0.6 is 0 Å².